The number of halogens is 1. The van der Waals surface area contributed by atoms with Crippen molar-refractivity contribution in [1.82, 2.24) is 0 Å². The zero-order chi connectivity index (χ0) is 20.7. The normalized spacial score (nSPS) is 11.3. The molecule has 7 nitrogen and oxygen atoms in total. The molecule has 2 aromatic carbocycles. The summed E-state index contributed by atoms with van der Waals surface area (Å²) in [5.41, 5.74) is 0.703. The van der Waals surface area contributed by atoms with Gasteiger partial charge in [-0.3, -0.25) is 4.79 Å². The Labute approximate surface area is 168 Å². The van der Waals surface area contributed by atoms with Crippen LogP contribution < -0.4 is 19.5 Å². The summed E-state index contributed by atoms with van der Waals surface area (Å²) in [6, 6.07) is 9.70. The van der Waals surface area contributed by atoms with E-state index in [0.29, 0.717) is 23.8 Å². The molecule has 8 heteroatoms. The second-order valence-corrected chi connectivity index (χ2v) is 6.09. The van der Waals surface area contributed by atoms with Crippen molar-refractivity contribution < 1.29 is 28.5 Å². The Kier molecular flexibility index (Phi) is 7.52. The summed E-state index contributed by atoms with van der Waals surface area (Å²) < 4.78 is 20.9. The highest BCUT2D eigenvalue weighted by Gasteiger charge is 2.21. The van der Waals surface area contributed by atoms with Crippen LogP contribution in [0.25, 0.3) is 0 Å². The molecule has 0 aliphatic rings. The van der Waals surface area contributed by atoms with E-state index in [4.69, 9.17) is 30.5 Å². The molecule has 0 saturated heterocycles. The van der Waals surface area contributed by atoms with E-state index in [0.717, 1.165) is 0 Å². The Hall–Kier alpha value is -2.93. The monoisotopic (exact) mass is 407 g/mol. The standard InChI is InChI=1S/C20H22ClNO6/c1-5-27-15-8-6-14(7-9-15)22-19(23)12(2)28-20(24)13-10-16(21)18(26-4)17(11-13)25-3/h6-12H,5H2,1-4H3,(H,22,23)/t12-/m0/s1. The number of methoxy groups -OCH3 is 2. The lowest BCUT2D eigenvalue weighted by Crippen LogP contribution is -2.30. The second kappa shape index (κ2) is 9.85. The fourth-order valence-corrected chi connectivity index (χ4v) is 2.65. The molecule has 0 aliphatic carbocycles. The molecule has 0 spiro atoms. The second-order valence-electron chi connectivity index (χ2n) is 5.69. The lowest BCUT2D eigenvalue weighted by molar-refractivity contribution is -0.123. The smallest absolute Gasteiger partial charge is 0.339 e. The van der Waals surface area contributed by atoms with Crippen molar-refractivity contribution in [3.05, 3.63) is 47.0 Å². The lowest BCUT2D eigenvalue weighted by Gasteiger charge is -2.15. The van der Waals surface area contributed by atoms with Crippen LogP contribution in [0.3, 0.4) is 0 Å². The van der Waals surface area contributed by atoms with E-state index < -0.39 is 18.0 Å². The van der Waals surface area contributed by atoms with Crippen LogP contribution in [0.4, 0.5) is 5.69 Å². The van der Waals surface area contributed by atoms with E-state index in [1.54, 1.807) is 24.3 Å². The SMILES string of the molecule is CCOc1ccc(NC(=O)[C@H](C)OC(=O)c2cc(Cl)c(OC)c(OC)c2)cc1. The Bertz CT molecular complexity index is 837. The molecular formula is C20H22ClNO6. The minimum Gasteiger partial charge on any atom is -0.494 e. The van der Waals surface area contributed by atoms with Gasteiger partial charge in [-0.25, -0.2) is 4.79 Å². The summed E-state index contributed by atoms with van der Waals surface area (Å²) in [7, 11) is 2.87. The molecule has 0 aromatic heterocycles. The van der Waals surface area contributed by atoms with Gasteiger partial charge >= 0.3 is 5.97 Å². The zero-order valence-electron chi connectivity index (χ0n) is 16.1. The lowest BCUT2D eigenvalue weighted by atomic mass is 10.2. The highest BCUT2D eigenvalue weighted by Crippen LogP contribution is 2.36. The maximum Gasteiger partial charge on any atom is 0.339 e. The third kappa shape index (κ3) is 5.29. The molecule has 2 rings (SSSR count). The largest absolute Gasteiger partial charge is 0.494 e. The van der Waals surface area contributed by atoms with Crippen molar-refractivity contribution in [3.8, 4) is 17.2 Å². The van der Waals surface area contributed by atoms with Crippen molar-refractivity contribution in [2.75, 3.05) is 26.1 Å². The molecule has 150 valence electrons. The fraction of sp³-hybridized carbons (Fsp3) is 0.300. The van der Waals surface area contributed by atoms with Gasteiger partial charge in [0.05, 0.1) is 31.4 Å². The van der Waals surface area contributed by atoms with Gasteiger partial charge in [-0.1, -0.05) is 11.6 Å². The Morgan fingerprint density at radius 1 is 1.11 bits per heavy atom. The molecule has 1 amide bonds. The number of nitrogens with one attached hydrogen (secondary N) is 1. The van der Waals surface area contributed by atoms with E-state index in [1.165, 1.54) is 33.3 Å². The topological polar surface area (TPSA) is 83.1 Å². The van der Waals surface area contributed by atoms with Crippen LogP contribution in [-0.2, 0) is 9.53 Å². The van der Waals surface area contributed by atoms with Gasteiger partial charge in [-0.2, -0.15) is 0 Å². The van der Waals surface area contributed by atoms with E-state index in [1.807, 2.05) is 6.92 Å². The van der Waals surface area contributed by atoms with Crippen molar-refractivity contribution in [3.63, 3.8) is 0 Å². The summed E-state index contributed by atoms with van der Waals surface area (Å²) in [6.07, 6.45) is -1.02. The first-order valence-electron chi connectivity index (χ1n) is 8.55. The number of benzene rings is 2. The van der Waals surface area contributed by atoms with E-state index >= 15 is 0 Å². The Morgan fingerprint density at radius 2 is 1.79 bits per heavy atom. The van der Waals surface area contributed by atoms with Gasteiger partial charge in [0.2, 0.25) is 0 Å². The maximum absolute atomic E-state index is 12.4. The number of hydrogen-bond donors (Lipinski definition) is 1. The van der Waals surface area contributed by atoms with Crippen LogP contribution >= 0.6 is 11.6 Å². The first-order valence-corrected chi connectivity index (χ1v) is 8.93. The van der Waals surface area contributed by atoms with Crippen molar-refractivity contribution in [1.29, 1.82) is 0 Å². The van der Waals surface area contributed by atoms with Gasteiger partial charge in [0.25, 0.3) is 5.91 Å². The molecule has 0 radical (unpaired) electrons. The predicted molar refractivity (Wildman–Crippen MR) is 106 cm³/mol. The highest BCUT2D eigenvalue weighted by atomic mass is 35.5. The number of carbonyl (C=O) groups is 2. The third-order valence-corrected chi connectivity index (χ3v) is 4.04. The van der Waals surface area contributed by atoms with Crippen LogP contribution in [0.15, 0.2) is 36.4 Å². The van der Waals surface area contributed by atoms with E-state index in [9.17, 15) is 9.59 Å². The minimum absolute atomic E-state index is 0.142. The average molecular weight is 408 g/mol. The van der Waals surface area contributed by atoms with E-state index in [-0.39, 0.29) is 16.3 Å². The number of ether oxygens (including phenoxy) is 4. The van der Waals surface area contributed by atoms with Crippen LogP contribution in [0.2, 0.25) is 5.02 Å². The quantitative estimate of drug-likeness (QED) is 0.667. The number of esters is 1. The van der Waals surface area contributed by atoms with Gasteiger partial charge in [-0.15, -0.1) is 0 Å². The van der Waals surface area contributed by atoms with Crippen LogP contribution in [0.1, 0.15) is 24.2 Å². The molecule has 1 N–H and O–H groups in total. The summed E-state index contributed by atoms with van der Waals surface area (Å²) in [4.78, 5) is 24.7. The molecule has 0 unspecified atom stereocenters. The highest BCUT2D eigenvalue weighted by molar-refractivity contribution is 6.32. The molecule has 2 aromatic rings. The Morgan fingerprint density at radius 3 is 2.36 bits per heavy atom. The summed E-state index contributed by atoms with van der Waals surface area (Å²) in [6.45, 7) is 3.92. The average Bonchev–Trinajstić information content (AvgIpc) is 2.68. The summed E-state index contributed by atoms with van der Waals surface area (Å²) in [5, 5.41) is 2.87. The molecule has 0 bridgehead atoms. The third-order valence-electron chi connectivity index (χ3n) is 3.76. The molecule has 28 heavy (non-hydrogen) atoms. The van der Waals surface area contributed by atoms with Gasteiger partial charge in [-0.05, 0) is 50.2 Å². The fourth-order valence-electron chi connectivity index (χ4n) is 2.36. The first kappa shape index (κ1) is 21.4. The maximum atomic E-state index is 12.4. The molecule has 0 heterocycles. The number of hydrogen-bond acceptors (Lipinski definition) is 6. The van der Waals surface area contributed by atoms with Gasteiger partial charge in [0, 0.05) is 5.69 Å². The first-order chi connectivity index (χ1) is 13.4. The zero-order valence-corrected chi connectivity index (χ0v) is 16.8. The molecule has 0 aliphatic heterocycles. The van der Waals surface area contributed by atoms with Crippen molar-refractivity contribution in [2.45, 2.75) is 20.0 Å². The van der Waals surface area contributed by atoms with Gasteiger partial charge in [0.1, 0.15) is 5.75 Å². The number of rotatable bonds is 8. The van der Waals surface area contributed by atoms with Crippen LogP contribution in [-0.4, -0.2) is 38.8 Å². The Balaban J connectivity index is 2.03. The number of anilines is 1. The van der Waals surface area contributed by atoms with E-state index in [2.05, 4.69) is 5.32 Å². The molecule has 1 atom stereocenters. The van der Waals surface area contributed by atoms with Crippen LogP contribution in [0.5, 0.6) is 17.2 Å². The number of amides is 1. The van der Waals surface area contributed by atoms with Gasteiger partial charge in [0.15, 0.2) is 17.6 Å². The minimum atomic E-state index is -1.02. The van der Waals surface area contributed by atoms with Crippen molar-refractivity contribution >= 4 is 29.2 Å². The van der Waals surface area contributed by atoms with Crippen molar-refractivity contribution in [2.24, 2.45) is 0 Å². The van der Waals surface area contributed by atoms with Crippen LogP contribution in [0, 0.1) is 0 Å². The molecular weight excluding hydrogens is 386 g/mol. The van der Waals surface area contributed by atoms with Gasteiger partial charge < -0.3 is 24.3 Å². The summed E-state index contributed by atoms with van der Waals surface area (Å²) >= 11 is 6.10. The summed E-state index contributed by atoms with van der Waals surface area (Å²) in [5.74, 6) is 0.113. The molecule has 0 saturated carbocycles. The predicted octanol–water partition coefficient (Wildman–Crippen LogP) is 3.94. The number of carbonyl (C=O) groups excluding carboxylic acids is 2. The molecule has 0 fully saturated rings.